The van der Waals surface area contributed by atoms with Gasteiger partial charge in [-0.15, -0.1) is 0 Å². The molecule has 1 saturated heterocycles. The van der Waals surface area contributed by atoms with E-state index in [-0.39, 0.29) is 6.54 Å². The molecule has 1 heterocycles. The molecule has 226 valence electrons. The molecule has 0 atom stereocenters. The molecular formula is C31H40Cl2N3O3RuS-. The molecule has 1 aliphatic rings. The SMILES string of the molecule is COc1ccc(CN([CH]=[Ru]([Cl])[Cl])S(C)(=O)=O)cc1.Cc1cc(C)c(N2[CH-]N(c3c(C)cc(C)cc3C)CC2)c(C)c1. The van der Waals surface area contributed by atoms with Gasteiger partial charge in [0.1, 0.15) is 0 Å². The maximum Gasteiger partial charge on any atom is 0.0146 e. The van der Waals surface area contributed by atoms with Crippen molar-refractivity contribution in [3.63, 3.8) is 0 Å². The maximum atomic E-state index is 11.6. The van der Waals surface area contributed by atoms with Crippen molar-refractivity contribution in [2.75, 3.05) is 36.3 Å². The Morgan fingerprint density at radius 1 is 0.854 bits per heavy atom. The number of nitrogens with zero attached hydrogens (tertiary/aromatic N) is 3. The van der Waals surface area contributed by atoms with Crippen molar-refractivity contribution in [3.05, 3.63) is 94.1 Å². The van der Waals surface area contributed by atoms with Gasteiger partial charge in [-0.25, -0.2) is 0 Å². The fourth-order valence-electron chi connectivity index (χ4n) is 5.29. The number of aryl methyl sites for hydroxylation is 6. The summed E-state index contributed by atoms with van der Waals surface area (Å²) in [4.78, 5) is 4.81. The molecule has 3 aromatic rings. The van der Waals surface area contributed by atoms with Crippen LogP contribution in [0.15, 0.2) is 48.5 Å². The average Bonchev–Trinajstić information content (AvgIpc) is 3.31. The largest absolute Gasteiger partial charge is 0.502 e. The van der Waals surface area contributed by atoms with Crippen molar-refractivity contribution >= 4 is 45.5 Å². The molecule has 0 bridgehead atoms. The van der Waals surface area contributed by atoms with E-state index < -0.39 is 23.5 Å². The van der Waals surface area contributed by atoms with E-state index in [0.29, 0.717) is 0 Å². The summed E-state index contributed by atoms with van der Waals surface area (Å²) in [6.07, 6.45) is 1.12. The minimum Gasteiger partial charge on any atom is -0.502 e. The monoisotopic (exact) mass is 706 g/mol. The second-order valence-electron chi connectivity index (χ2n) is 10.4. The van der Waals surface area contributed by atoms with Crippen molar-refractivity contribution in [2.24, 2.45) is 0 Å². The topological polar surface area (TPSA) is 53.1 Å². The van der Waals surface area contributed by atoms with Crippen LogP contribution in [0.1, 0.15) is 38.9 Å². The van der Waals surface area contributed by atoms with Gasteiger partial charge in [0.25, 0.3) is 0 Å². The van der Waals surface area contributed by atoms with Crippen LogP contribution in [0.25, 0.3) is 0 Å². The van der Waals surface area contributed by atoms with Crippen molar-refractivity contribution in [2.45, 2.75) is 48.1 Å². The van der Waals surface area contributed by atoms with Gasteiger partial charge in [0.15, 0.2) is 0 Å². The smallest absolute Gasteiger partial charge is 0.0146 e. The minimum absolute atomic E-state index is 0.215. The van der Waals surface area contributed by atoms with Gasteiger partial charge >= 0.3 is 121 Å². The zero-order chi connectivity index (χ0) is 30.5. The predicted octanol–water partition coefficient (Wildman–Crippen LogP) is 7.13. The molecular weight excluding hydrogens is 666 g/mol. The Balaban J connectivity index is 0.000000233. The van der Waals surface area contributed by atoms with E-state index in [1.807, 2.05) is 0 Å². The normalized spacial score (nSPS) is 13.7. The van der Waals surface area contributed by atoms with E-state index in [4.69, 9.17) is 24.1 Å². The molecule has 41 heavy (non-hydrogen) atoms. The first kappa shape index (κ1) is 33.5. The Hall–Kier alpha value is -1.96. The van der Waals surface area contributed by atoms with Crippen LogP contribution in [-0.4, -0.2) is 43.9 Å². The van der Waals surface area contributed by atoms with Crippen LogP contribution < -0.4 is 14.5 Å². The summed E-state index contributed by atoms with van der Waals surface area (Å²) in [5.74, 6) is 0.718. The number of rotatable bonds is 7. The van der Waals surface area contributed by atoms with Crippen LogP contribution in [0, 0.1) is 48.2 Å². The number of ether oxygens (including phenoxy) is 1. The average molecular weight is 707 g/mol. The van der Waals surface area contributed by atoms with Crippen molar-refractivity contribution in [1.82, 2.24) is 4.31 Å². The minimum atomic E-state index is -3.36. The number of hydrogen-bond acceptors (Lipinski definition) is 5. The van der Waals surface area contributed by atoms with E-state index in [2.05, 4.69) is 82.3 Å². The summed E-state index contributed by atoms with van der Waals surface area (Å²) in [5.41, 5.74) is 11.7. The van der Waals surface area contributed by atoms with Gasteiger partial charge in [-0.2, -0.15) is 6.67 Å². The second kappa shape index (κ2) is 14.5. The molecule has 0 N–H and O–H groups in total. The number of halogens is 2. The molecule has 0 spiro atoms. The molecule has 6 nitrogen and oxygen atoms in total. The number of methoxy groups -OCH3 is 1. The van der Waals surface area contributed by atoms with Crippen LogP contribution in [0.3, 0.4) is 0 Å². The quantitative estimate of drug-likeness (QED) is 0.194. The molecule has 0 saturated carbocycles. The Bertz CT molecular complexity index is 1400. The van der Waals surface area contributed by atoms with Gasteiger partial charge in [0, 0.05) is 24.5 Å². The van der Waals surface area contributed by atoms with Gasteiger partial charge in [0.05, 0.1) is 0 Å². The third kappa shape index (κ3) is 9.26. The summed E-state index contributed by atoms with van der Waals surface area (Å²) in [6.45, 7) is 17.8. The fraction of sp³-hybridized carbons (Fsp3) is 0.355. The van der Waals surface area contributed by atoms with E-state index in [1.54, 1.807) is 31.4 Å². The van der Waals surface area contributed by atoms with Gasteiger partial charge in [-0.3, -0.25) is 0 Å². The molecule has 10 heteroatoms. The Morgan fingerprint density at radius 2 is 1.27 bits per heavy atom. The number of anilines is 2. The first-order chi connectivity index (χ1) is 19.2. The molecule has 0 unspecified atom stereocenters. The molecule has 0 radical (unpaired) electrons. The summed E-state index contributed by atoms with van der Waals surface area (Å²) < 4.78 is 30.7. The number of hydrogen-bond donors (Lipinski definition) is 0. The van der Waals surface area contributed by atoms with E-state index in [9.17, 15) is 8.42 Å². The number of benzene rings is 3. The Morgan fingerprint density at radius 3 is 1.61 bits per heavy atom. The Kier molecular flexibility index (Phi) is 11.8. The molecule has 1 aliphatic heterocycles. The molecule has 4 rings (SSSR count). The fourth-order valence-corrected chi connectivity index (χ4v) is 9.26. The Labute approximate surface area is 259 Å². The van der Waals surface area contributed by atoms with E-state index in [1.165, 1.54) is 53.8 Å². The zero-order valence-electron chi connectivity index (χ0n) is 25.0. The zero-order valence-corrected chi connectivity index (χ0v) is 29.0. The first-order valence-corrected chi connectivity index (χ1v) is 20.5. The molecule has 0 aromatic heterocycles. The van der Waals surface area contributed by atoms with Crippen molar-refractivity contribution in [1.29, 1.82) is 0 Å². The van der Waals surface area contributed by atoms with E-state index >= 15 is 0 Å². The second-order valence-corrected chi connectivity index (χ2v) is 18.1. The summed E-state index contributed by atoms with van der Waals surface area (Å²) >= 11 is -2.18. The standard InChI is InChI=1S/C21H27N2.C10H13NO3S.2ClH.Ru/c1-14-9-16(3)20(17(4)10-14)22-7-8-23(13-22)21-18(5)11-15(2)12-19(21)6;1-11(15(3,12)13)8-9-4-6-10(14-2)7-5-9;;;/h9-13H,7-8H2,1-6H3;1,4-7H,8H2,2-3H3;2*1H;/q-1;;;;+2/p-2. The maximum absolute atomic E-state index is 11.6. The van der Waals surface area contributed by atoms with Crippen LogP contribution in [-0.2, 0) is 30.1 Å². The summed E-state index contributed by atoms with van der Waals surface area (Å²) in [6, 6.07) is 16.2. The molecule has 0 amide bonds. The van der Waals surface area contributed by atoms with Crippen LogP contribution >= 0.6 is 19.4 Å². The van der Waals surface area contributed by atoms with Crippen molar-refractivity contribution < 1.29 is 26.7 Å². The van der Waals surface area contributed by atoms with Gasteiger partial charge < -0.3 is 9.80 Å². The van der Waals surface area contributed by atoms with Gasteiger partial charge in [-0.1, -0.05) is 35.4 Å². The summed E-state index contributed by atoms with van der Waals surface area (Å²) in [5, 5.41) is 0. The van der Waals surface area contributed by atoms with Crippen molar-refractivity contribution in [3.8, 4) is 5.75 Å². The van der Waals surface area contributed by atoms with Gasteiger partial charge in [0.2, 0.25) is 0 Å². The van der Waals surface area contributed by atoms with Gasteiger partial charge in [-0.05, 0) is 63.8 Å². The molecule has 0 aliphatic carbocycles. The third-order valence-corrected chi connectivity index (χ3v) is 9.88. The molecule has 1 fully saturated rings. The molecule has 3 aromatic carbocycles. The predicted molar refractivity (Wildman–Crippen MR) is 171 cm³/mol. The van der Waals surface area contributed by atoms with E-state index in [0.717, 1.165) is 30.7 Å². The van der Waals surface area contributed by atoms with Crippen LogP contribution in [0.5, 0.6) is 5.75 Å². The van der Waals surface area contributed by atoms with Crippen LogP contribution in [0.4, 0.5) is 11.4 Å². The summed E-state index contributed by atoms with van der Waals surface area (Å²) in [7, 11) is 9.65. The number of sulfonamides is 1. The first-order valence-electron chi connectivity index (χ1n) is 13.2. The third-order valence-electron chi connectivity index (χ3n) is 6.80. The van der Waals surface area contributed by atoms with Crippen LogP contribution in [0.2, 0.25) is 0 Å².